The van der Waals surface area contributed by atoms with Crippen molar-refractivity contribution >= 4 is 15.9 Å². The number of nitrogens with one attached hydrogen (secondary N) is 1. The lowest BCUT2D eigenvalue weighted by Crippen LogP contribution is -2.24. The fourth-order valence-electron chi connectivity index (χ4n) is 2.31. The topological polar surface area (TPSA) is 24.9 Å². The summed E-state index contributed by atoms with van der Waals surface area (Å²) in [5.74, 6) is -0.155. The van der Waals surface area contributed by atoms with Gasteiger partial charge in [0, 0.05) is 22.9 Å². The summed E-state index contributed by atoms with van der Waals surface area (Å²) >= 11 is 3.45. The van der Waals surface area contributed by atoms with Gasteiger partial charge in [0.1, 0.15) is 5.82 Å². The Labute approximate surface area is 133 Å². The monoisotopic (exact) mass is 350 g/mol. The molecule has 0 bridgehead atoms. The molecule has 4 heteroatoms. The molecular formula is C17H20BrFN2. The Bertz CT molecular complexity index is 601. The van der Waals surface area contributed by atoms with E-state index in [0.29, 0.717) is 5.56 Å². The number of hydrogen-bond acceptors (Lipinski definition) is 2. The standard InChI is InChI=1S/C17H20BrFN2/c1-3-6-21-17(9-13-8-15(18)11-20-10-13)14-4-5-16(19)12(2)7-14/h4-5,7-8,10-11,17,21H,3,6,9H2,1-2H3. The molecule has 0 aliphatic rings. The molecule has 0 fully saturated rings. The number of aryl methyl sites for hydroxylation is 1. The summed E-state index contributed by atoms with van der Waals surface area (Å²) < 4.78 is 14.4. The summed E-state index contributed by atoms with van der Waals surface area (Å²) in [6.07, 6.45) is 5.55. The molecule has 1 atom stereocenters. The number of benzene rings is 1. The highest BCUT2D eigenvalue weighted by molar-refractivity contribution is 9.10. The highest BCUT2D eigenvalue weighted by atomic mass is 79.9. The molecule has 0 spiro atoms. The second-order valence-electron chi connectivity index (χ2n) is 5.23. The molecule has 2 aromatic rings. The zero-order chi connectivity index (χ0) is 15.2. The van der Waals surface area contributed by atoms with Gasteiger partial charge in [-0.3, -0.25) is 4.98 Å². The Morgan fingerprint density at radius 3 is 2.76 bits per heavy atom. The number of rotatable bonds is 6. The third kappa shape index (κ3) is 4.61. The second kappa shape index (κ2) is 7.66. The summed E-state index contributed by atoms with van der Waals surface area (Å²) in [6, 6.07) is 7.57. The van der Waals surface area contributed by atoms with Gasteiger partial charge in [-0.25, -0.2) is 4.39 Å². The van der Waals surface area contributed by atoms with Crippen LogP contribution >= 0.6 is 15.9 Å². The van der Waals surface area contributed by atoms with Gasteiger partial charge < -0.3 is 5.32 Å². The summed E-state index contributed by atoms with van der Waals surface area (Å²) in [4.78, 5) is 4.21. The number of nitrogens with zero attached hydrogens (tertiary/aromatic N) is 1. The lowest BCUT2D eigenvalue weighted by atomic mass is 9.98. The minimum atomic E-state index is -0.155. The largest absolute Gasteiger partial charge is 0.310 e. The molecule has 2 rings (SSSR count). The highest BCUT2D eigenvalue weighted by Gasteiger charge is 2.13. The van der Waals surface area contributed by atoms with Crippen LogP contribution in [0.2, 0.25) is 0 Å². The molecule has 1 aromatic carbocycles. The van der Waals surface area contributed by atoms with Gasteiger partial charge in [0.2, 0.25) is 0 Å². The van der Waals surface area contributed by atoms with Gasteiger partial charge in [0.05, 0.1) is 0 Å². The molecule has 1 N–H and O–H groups in total. The predicted octanol–water partition coefficient (Wildman–Crippen LogP) is 4.58. The van der Waals surface area contributed by atoms with Crippen LogP contribution in [0, 0.1) is 12.7 Å². The molecule has 112 valence electrons. The van der Waals surface area contributed by atoms with Crippen molar-refractivity contribution < 1.29 is 4.39 Å². The first-order valence-electron chi connectivity index (χ1n) is 7.19. The molecule has 0 aliphatic heterocycles. The van der Waals surface area contributed by atoms with Crippen molar-refractivity contribution in [3.63, 3.8) is 0 Å². The zero-order valence-electron chi connectivity index (χ0n) is 12.4. The molecule has 0 saturated heterocycles. The molecule has 1 aromatic heterocycles. The van der Waals surface area contributed by atoms with Crippen LogP contribution in [0.1, 0.15) is 36.1 Å². The zero-order valence-corrected chi connectivity index (χ0v) is 14.0. The van der Waals surface area contributed by atoms with E-state index in [1.165, 1.54) is 0 Å². The van der Waals surface area contributed by atoms with E-state index in [1.807, 2.05) is 18.3 Å². The van der Waals surface area contributed by atoms with Crippen molar-refractivity contribution in [2.24, 2.45) is 0 Å². The molecule has 2 nitrogen and oxygen atoms in total. The average Bonchev–Trinajstić information content (AvgIpc) is 2.46. The third-order valence-electron chi connectivity index (χ3n) is 3.43. The Morgan fingerprint density at radius 1 is 1.29 bits per heavy atom. The van der Waals surface area contributed by atoms with Crippen LogP contribution in [0.15, 0.2) is 41.1 Å². The summed E-state index contributed by atoms with van der Waals surface area (Å²) in [5, 5.41) is 3.53. The maximum atomic E-state index is 13.5. The molecule has 0 radical (unpaired) electrons. The maximum absolute atomic E-state index is 13.5. The maximum Gasteiger partial charge on any atom is 0.126 e. The van der Waals surface area contributed by atoms with E-state index in [0.717, 1.165) is 35.0 Å². The van der Waals surface area contributed by atoms with Crippen LogP contribution in [0.5, 0.6) is 0 Å². The van der Waals surface area contributed by atoms with E-state index < -0.39 is 0 Å². The van der Waals surface area contributed by atoms with Crippen LogP contribution in [0.3, 0.4) is 0 Å². The molecule has 0 aliphatic carbocycles. The molecule has 0 saturated carbocycles. The molecule has 1 heterocycles. The fraction of sp³-hybridized carbons (Fsp3) is 0.353. The van der Waals surface area contributed by atoms with Gasteiger partial charge in [-0.15, -0.1) is 0 Å². The van der Waals surface area contributed by atoms with Gasteiger partial charge in [-0.05, 0) is 71.1 Å². The molecule has 1 unspecified atom stereocenters. The molecule has 0 amide bonds. The van der Waals surface area contributed by atoms with Crippen LogP contribution in [0.25, 0.3) is 0 Å². The van der Waals surface area contributed by atoms with Gasteiger partial charge in [-0.2, -0.15) is 0 Å². The fourth-order valence-corrected chi connectivity index (χ4v) is 2.73. The van der Waals surface area contributed by atoms with E-state index in [-0.39, 0.29) is 11.9 Å². The minimum Gasteiger partial charge on any atom is -0.310 e. The van der Waals surface area contributed by atoms with E-state index >= 15 is 0 Å². The first-order chi connectivity index (χ1) is 10.1. The highest BCUT2D eigenvalue weighted by Crippen LogP contribution is 2.22. The van der Waals surface area contributed by atoms with E-state index in [2.05, 4.69) is 39.2 Å². The average molecular weight is 351 g/mol. The lowest BCUT2D eigenvalue weighted by molar-refractivity contribution is 0.526. The normalized spacial score (nSPS) is 12.4. The van der Waals surface area contributed by atoms with Gasteiger partial charge in [0.25, 0.3) is 0 Å². The van der Waals surface area contributed by atoms with E-state index in [9.17, 15) is 4.39 Å². The first-order valence-corrected chi connectivity index (χ1v) is 7.98. The Balaban J connectivity index is 2.22. The number of halogens is 2. The van der Waals surface area contributed by atoms with Gasteiger partial charge >= 0.3 is 0 Å². The van der Waals surface area contributed by atoms with Crippen LogP contribution in [-0.4, -0.2) is 11.5 Å². The lowest BCUT2D eigenvalue weighted by Gasteiger charge is -2.20. The SMILES string of the molecule is CCCNC(Cc1cncc(Br)c1)c1ccc(F)c(C)c1. The minimum absolute atomic E-state index is 0.155. The van der Waals surface area contributed by atoms with Crippen molar-refractivity contribution in [3.8, 4) is 0 Å². The van der Waals surface area contributed by atoms with Crippen molar-refractivity contribution in [3.05, 3.63) is 63.6 Å². The first kappa shape index (κ1) is 16.1. The van der Waals surface area contributed by atoms with Crippen molar-refractivity contribution in [2.45, 2.75) is 32.7 Å². The summed E-state index contributed by atoms with van der Waals surface area (Å²) in [5.41, 5.74) is 2.95. The predicted molar refractivity (Wildman–Crippen MR) is 87.8 cm³/mol. The van der Waals surface area contributed by atoms with E-state index in [1.54, 1.807) is 19.2 Å². The molecular weight excluding hydrogens is 331 g/mol. The molecule has 21 heavy (non-hydrogen) atoms. The van der Waals surface area contributed by atoms with Gasteiger partial charge in [0.15, 0.2) is 0 Å². The number of aromatic nitrogens is 1. The smallest absolute Gasteiger partial charge is 0.126 e. The second-order valence-corrected chi connectivity index (χ2v) is 6.15. The van der Waals surface area contributed by atoms with Crippen molar-refractivity contribution in [2.75, 3.05) is 6.54 Å². The third-order valence-corrected chi connectivity index (χ3v) is 3.86. The van der Waals surface area contributed by atoms with Crippen molar-refractivity contribution in [1.29, 1.82) is 0 Å². The summed E-state index contributed by atoms with van der Waals surface area (Å²) in [6.45, 7) is 4.87. The van der Waals surface area contributed by atoms with Gasteiger partial charge in [-0.1, -0.05) is 19.1 Å². The number of pyridine rings is 1. The number of hydrogen-bond donors (Lipinski definition) is 1. The summed E-state index contributed by atoms with van der Waals surface area (Å²) in [7, 11) is 0. The van der Waals surface area contributed by atoms with Crippen molar-refractivity contribution in [1.82, 2.24) is 10.3 Å². The Morgan fingerprint density at radius 2 is 2.10 bits per heavy atom. The Kier molecular flexibility index (Phi) is 5.88. The van der Waals surface area contributed by atoms with Crippen LogP contribution in [0.4, 0.5) is 4.39 Å². The quantitative estimate of drug-likeness (QED) is 0.824. The Hall–Kier alpha value is -1.26. The van der Waals surface area contributed by atoms with Crippen LogP contribution in [-0.2, 0) is 6.42 Å². The van der Waals surface area contributed by atoms with Crippen LogP contribution < -0.4 is 5.32 Å². The van der Waals surface area contributed by atoms with E-state index in [4.69, 9.17) is 0 Å².